The zero-order valence-corrected chi connectivity index (χ0v) is 12.4. The van der Waals surface area contributed by atoms with Crippen LogP contribution in [0.25, 0.3) is 0 Å². The highest BCUT2D eigenvalue weighted by Crippen LogP contribution is 2.28. The summed E-state index contributed by atoms with van der Waals surface area (Å²) in [5.74, 6) is 0.964. The van der Waals surface area contributed by atoms with E-state index in [0.717, 1.165) is 25.1 Å². The molecule has 1 aromatic carbocycles. The van der Waals surface area contributed by atoms with Gasteiger partial charge in [-0.1, -0.05) is 25.1 Å². The maximum absolute atomic E-state index is 5.49. The number of thiophene rings is 1. The Hall–Kier alpha value is -1.32. The predicted molar refractivity (Wildman–Crippen MR) is 82.1 cm³/mol. The smallest absolute Gasteiger partial charge is 0.123 e. The van der Waals surface area contributed by atoms with E-state index in [1.165, 1.54) is 11.1 Å². The molecule has 0 aliphatic rings. The third-order valence-corrected chi connectivity index (χ3v) is 3.91. The van der Waals surface area contributed by atoms with Gasteiger partial charge in [-0.3, -0.25) is 0 Å². The van der Waals surface area contributed by atoms with Crippen molar-refractivity contribution in [1.29, 1.82) is 0 Å². The minimum atomic E-state index is 0.311. The SMILES string of the molecule is CCCNC(Cc1ccsc1)c1ccccc1OC. The van der Waals surface area contributed by atoms with Crippen molar-refractivity contribution in [2.24, 2.45) is 0 Å². The number of benzene rings is 1. The fourth-order valence-electron chi connectivity index (χ4n) is 2.21. The van der Waals surface area contributed by atoms with Crippen LogP contribution in [-0.2, 0) is 6.42 Å². The Balaban J connectivity index is 2.20. The highest BCUT2D eigenvalue weighted by atomic mass is 32.1. The lowest BCUT2D eigenvalue weighted by atomic mass is 9.99. The van der Waals surface area contributed by atoms with Crippen molar-refractivity contribution < 1.29 is 4.74 Å². The molecule has 3 heteroatoms. The molecule has 0 aliphatic carbocycles. The van der Waals surface area contributed by atoms with Crippen LogP contribution in [0.4, 0.5) is 0 Å². The summed E-state index contributed by atoms with van der Waals surface area (Å²) in [6, 6.07) is 10.8. The Bertz CT molecular complexity index is 481. The molecule has 2 nitrogen and oxygen atoms in total. The van der Waals surface area contributed by atoms with E-state index in [-0.39, 0.29) is 0 Å². The van der Waals surface area contributed by atoms with E-state index in [1.807, 2.05) is 12.1 Å². The van der Waals surface area contributed by atoms with Crippen LogP contribution in [0.2, 0.25) is 0 Å². The van der Waals surface area contributed by atoms with Crippen molar-refractivity contribution in [2.45, 2.75) is 25.8 Å². The van der Waals surface area contributed by atoms with Crippen molar-refractivity contribution in [3.63, 3.8) is 0 Å². The van der Waals surface area contributed by atoms with Crippen molar-refractivity contribution in [2.75, 3.05) is 13.7 Å². The summed E-state index contributed by atoms with van der Waals surface area (Å²) in [7, 11) is 1.74. The van der Waals surface area contributed by atoms with Crippen molar-refractivity contribution in [3.05, 3.63) is 52.2 Å². The molecule has 0 amide bonds. The van der Waals surface area contributed by atoms with Gasteiger partial charge in [-0.25, -0.2) is 0 Å². The second-order valence-corrected chi connectivity index (χ2v) is 5.36. The normalized spacial score (nSPS) is 12.3. The Morgan fingerprint density at radius 1 is 1.26 bits per heavy atom. The molecule has 102 valence electrons. The van der Waals surface area contributed by atoms with E-state index >= 15 is 0 Å². The van der Waals surface area contributed by atoms with E-state index in [4.69, 9.17) is 4.74 Å². The van der Waals surface area contributed by atoms with E-state index in [1.54, 1.807) is 18.4 Å². The van der Waals surface area contributed by atoms with Gasteiger partial charge in [0.1, 0.15) is 5.75 Å². The van der Waals surface area contributed by atoms with Gasteiger partial charge in [0.2, 0.25) is 0 Å². The lowest BCUT2D eigenvalue weighted by Gasteiger charge is -2.21. The van der Waals surface area contributed by atoms with Gasteiger partial charge in [0.25, 0.3) is 0 Å². The fourth-order valence-corrected chi connectivity index (χ4v) is 2.89. The highest BCUT2D eigenvalue weighted by molar-refractivity contribution is 7.07. The molecule has 2 aromatic rings. The zero-order chi connectivity index (χ0) is 13.5. The summed E-state index contributed by atoms with van der Waals surface area (Å²) in [6.45, 7) is 3.21. The van der Waals surface area contributed by atoms with Crippen LogP contribution in [0, 0.1) is 0 Å². The molecule has 0 saturated carbocycles. The van der Waals surface area contributed by atoms with Gasteiger partial charge in [-0.2, -0.15) is 11.3 Å². The molecular weight excluding hydrogens is 254 g/mol. The number of hydrogen-bond donors (Lipinski definition) is 1. The molecule has 1 heterocycles. The molecule has 0 saturated heterocycles. The standard InChI is InChI=1S/C16H21NOS/c1-3-9-17-15(11-13-8-10-19-12-13)14-6-4-5-7-16(14)18-2/h4-8,10,12,15,17H,3,9,11H2,1-2H3. The van der Waals surface area contributed by atoms with Gasteiger partial charge in [0.15, 0.2) is 0 Å². The largest absolute Gasteiger partial charge is 0.496 e. The summed E-state index contributed by atoms with van der Waals surface area (Å²) in [5, 5.41) is 7.98. The number of ether oxygens (including phenoxy) is 1. The summed E-state index contributed by atoms with van der Waals surface area (Å²) in [6.07, 6.45) is 2.14. The number of methoxy groups -OCH3 is 1. The molecule has 0 radical (unpaired) electrons. The van der Waals surface area contributed by atoms with Crippen LogP contribution in [-0.4, -0.2) is 13.7 Å². The second-order valence-electron chi connectivity index (χ2n) is 4.58. The van der Waals surface area contributed by atoms with Gasteiger partial charge in [0.05, 0.1) is 7.11 Å². The molecule has 0 aliphatic heterocycles. The van der Waals surface area contributed by atoms with Crippen molar-refractivity contribution in [3.8, 4) is 5.75 Å². The predicted octanol–water partition coefficient (Wildman–Crippen LogP) is 4.04. The summed E-state index contributed by atoms with van der Waals surface area (Å²) in [4.78, 5) is 0. The number of hydrogen-bond acceptors (Lipinski definition) is 3. The average molecular weight is 275 g/mol. The number of nitrogens with one attached hydrogen (secondary N) is 1. The number of para-hydroxylation sites is 1. The third kappa shape index (κ3) is 3.82. The van der Waals surface area contributed by atoms with E-state index < -0.39 is 0 Å². The first-order valence-electron chi connectivity index (χ1n) is 6.72. The Morgan fingerprint density at radius 2 is 2.11 bits per heavy atom. The Labute approximate surface area is 119 Å². The molecule has 19 heavy (non-hydrogen) atoms. The molecule has 0 fully saturated rings. The maximum Gasteiger partial charge on any atom is 0.123 e. The molecule has 1 unspecified atom stereocenters. The van der Waals surface area contributed by atoms with Crippen LogP contribution < -0.4 is 10.1 Å². The lowest BCUT2D eigenvalue weighted by molar-refractivity contribution is 0.398. The molecule has 2 rings (SSSR count). The van der Waals surface area contributed by atoms with Crippen LogP contribution in [0.5, 0.6) is 5.75 Å². The molecule has 1 atom stereocenters. The van der Waals surface area contributed by atoms with Gasteiger partial charge in [-0.15, -0.1) is 0 Å². The molecule has 1 aromatic heterocycles. The van der Waals surface area contributed by atoms with Gasteiger partial charge >= 0.3 is 0 Å². The minimum Gasteiger partial charge on any atom is -0.496 e. The van der Waals surface area contributed by atoms with Crippen LogP contribution >= 0.6 is 11.3 Å². The van der Waals surface area contributed by atoms with Crippen molar-refractivity contribution in [1.82, 2.24) is 5.32 Å². The van der Waals surface area contributed by atoms with Gasteiger partial charge < -0.3 is 10.1 Å². The van der Waals surface area contributed by atoms with E-state index in [2.05, 4.69) is 41.2 Å². The Kier molecular flexibility index (Phi) is 5.43. The van der Waals surface area contributed by atoms with Crippen LogP contribution in [0.3, 0.4) is 0 Å². The molecular formula is C16H21NOS. The van der Waals surface area contributed by atoms with E-state index in [0.29, 0.717) is 6.04 Å². The molecule has 0 bridgehead atoms. The number of rotatable bonds is 7. The lowest BCUT2D eigenvalue weighted by Crippen LogP contribution is -2.24. The first kappa shape index (κ1) is 14.1. The monoisotopic (exact) mass is 275 g/mol. The highest BCUT2D eigenvalue weighted by Gasteiger charge is 2.15. The summed E-state index contributed by atoms with van der Waals surface area (Å²) in [5.41, 5.74) is 2.62. The van der Waals surface area contributed by atoms with Crippen molar-refractivity contribution >= 4 is 11.3 Å². The minimum absolute atomic E-state index is 0.311. The maximum atomic E-state index is 5.49. The first-order chi connectivity index (χ1) is 9.35. The van der Waals surface area contributed by atoms with Gasteiger partial charge in [-0.05, 0) is 47.8 Å². The molecule has 1 N–H and O–H groups in total. The van der Waals surface area contributed by atoms with Gasteiger partial charge in [0, 0.05) is 11.6 Å². The summed E-state index contributed by atoms with van der Waals surface area (Å²) >= 11 is 1.75. The first-order valence-corrected chi connectivity index (χ1v) is 7.66. The summed E-state index contributed by atoms with van der Waals surface area (Å²) < 4.78 is 5.49. The van der Waals surface area contributed by atoms with E-state index in [9.17, 15) is 0 Å². The molecule has 0 spiro atoms. The third-order valence-electron chi connectivity index (χ3n) is 3.18. The quantitative estimate of drug-likeness (QED) is 0.823. The zero-order valence-electron chi connectivity index (χ0n) is 11.6. The topological polar surface area (TPSA) is 21.3 Å². The average Bonchev–Trinajstić information content (AvgIpc) is 2.96. The Morgan fingerprint density at radius 3 is 2.79 bits per heavy atom. The second kappa shape index (κ2) is 7.31. The van der Waals surface area contributed by atoms with Crippen LogP contribution in [0.1, 0.15) is 30.5 Å². The van der Waals surface area contributed by atoms with Crippen LogP contribution in [0.15, 0.2) is 41.1 Å². The fraction of sp³-hybridized carbons (Fsp3) is 0.375.